The maximum atomic E-state index is 14.2. The summed E-state index contributed by atoms with van der Waals surface area (Å²) in [5.41, 5.74) is 0.838. The molecule has 3 heteroatoms. The highest BCUT2D eigenvalue weighted by molar-refractivity contribution is 5.21. The fourth-order valence-corrected chi connectivity index (χ4v) is 3.41. The highest BCUT2D eigenvalue weighted by Crippen LogP contribution is 2.29. The first-order valence-corrected chi connectivity index (χ1v) is 8.37. The molecule has 1 heterocycles. The van der Waals surface area contributed by atoms with Crippen molar-refractivity contribution in [2.75, 3.05) is 13.1 Å². The predicted octanol–water partition coefficient (Wildman–Crippen LogP) is 4.13. The Hall–Kier alpha value is -0.930. The van der Waals surface area contributed by atoms with Crippen LogP contribution in [-0.2, 0) is 0 Å². The Morgan fingerprint density at radius 1 is 1.29 bits per heavy atom. The molecule has 1 N–H and O–H groups in total. The van der Waals surface area contributed by atoms with Gasteiger partial charge in [-0.05, 0) is 45.7 Å². The van der Waals surface area contributed by atoms with Gasteiger partial charge in [-0.15, -0.1) is 0 Å². The molecule has 0 aromatic heterocycles. The molecule has 118 valence electrons. The molecule has 1 saturated heterocycles. The first-order chi connectivity index (χ1) is 10.1. The van der Waals surface area contributed by atoms with Gasteiger partial charge in [0.25, 0.3) is 0 Å². The number of nitrogens with one attached hydrogen (secondary N) is 1. The zero-order chi connectivity index (χ0) is 15.2. The molecule has 0 amide bonds. The first-order valence-electron chi connectivity index (χ1n) is 8.37. The Morgan fingerprint density at radius 2 is 2.05 bits per heavy atom. The van der Waals surface area contributed by atoms with Crippen molar-refractivity contribution in [1.29, 1.82) is 0 Å². The van der Waals surface area contributed by atoms with Crippen molar-refractivity contribution in [3.8, 4) is 0 Å². The standard InChI is InChI=1S/C18H29FN2/c1-4-18(16-10-5-6-11-17(16)19)21(14(2)3)13-15-9-7-8-12-20-15/h5-6,10-11,14-15,18,20H,4,7-9,12-13H2,1-3H3. The van der Waals surface area contributed by atoms with Crippen LogP contribution in [0.3, 0.4) is 0 Å². The SMILES string of the molecule is CCC(c1ccccc1F)N(CC1CCCCN1)C(C)C. The molecular weight excluding hydrogens is 263 g/mol. The topological polar surface area (TPSA) is 15.3 Å². The molecule has 1 aromatic rings. The van der Waals surface area contributed by atoms with E-state index in [0.717, 1.165) is 25.1 Å². The second-order valence-electron chi connectivity index (χ2n) is 6.38. The van der Waals surface area contributed by atoms with Gasteiger partial charge < -0.3 is 5.32 Å². The van der Waals surface area contributed by atoms with Crippen LogP contribution in [0.2, 0.25) is 0 Å². The molecule has 0 radical (unpaired) electrons. The first kappa shape index (κ1) is 16.4. The minimum absolute atomic E-state index is 0.0772. The van der Waals surface area contributed by atoms with E-state index in [1.807, 2.05) is 12.1 Å². The zero-order valence-electron chi connectivity index (χ0n) is 13.6. The van der Waals surface area contributed by atoms with Gasteiger partial charge >= 0.3 is 0 Å². The lowest BCUT2D eigenvalue weighted by molar-refractivity contribution is 0.122. The summed E-state index contributed by atoms with van der Waals surface area (Å²) in [5.74, 6) is -0.0772. The molecule has 2 rings (SSSR count). The number of rotatable bonds is 6. The lowest BCUT2D eigenvalue weighted by Crippen LogP contribution is -2.47. The second kappa shape index (κ2) is 7.90. The van der Waals surface area contributed by atoms with Crippen LogP contribution in [-0.4, -0.2) is 30.1 Å². The van der Waals surface area contributed by atoms with Crippen molar-refractivity contribution in [3.63, 3.8) is 0 Å². The van der Waals surface area contributed by atoms with Crippen molar-refractivity contribution in [3.05, 3.63) is 35.6 Å². The summed E-state index contributed by atoms with van der Waals surface area (Å²) in [7, 11) is 0. The van der Waals surface area contributed by atoms with E-state index in [9.17, 15) is 4.39 Å². The fraction of sp³-hybridized carbons (Fsp3) is 0.667. The van der Waals surface area contributed by atoms with Crippen LogP contribution >= 0.6 is 0 Å². The van der Waals surface area contributed by atoms with Gasteiger partial charge in [0.1, 0.15) is 5.82 Å². The number of nitrogens with zero attached hydrogens (tertiary/aromatic N) is 1. The summed E-state index contributed by atoms with van der Waals surface area (Å²) in [6, 6.07) is 8.35. The number of hydrogen-bond donors (Lipinski definition) is 1. The summed E-state index contributed by atoms with van der Waals surface area (Å²) in [6.07, 6.45) is 4.76. The van der Waals surface area contributed by atoms with E-state index in [1.54, 1.807) is 12.1 Å². The van der Waals surface area contributed by atoms with E-state index in [2.05, 4.69) is 31.0 Å². The smallest absolute Gasteiger partial charge is 0.127 e. The molecule has 0 aliphatic carbocycles. The quantitative estimate of drug-likeness (QED) is 0.848. The maximum Gasteiger partial charge on any atom is 0.127 e. The van der Waals surface area contributed by atoms with Crippen molar-refractivity contribution in [2.45, 2.75) is 64.6 Å². The summed E-state index contributed by atoms with van der Waals surface area (Å²) in [5, 5.41) is 3.61. The molecule has 21 heavy (non-hydrogen) atoms. The van der Waals surface area contributed by atoms with E-state index < -0.39 is 0 Å². The average Bonchev–Trinajstić information content (AvgIpc) is 2.49. The average molecular weight is 292 g/mol. The van der Waals surface area contributed by atoms with E-state index in [4.69, 9.17) is 0 Å². The van der Waals surface area contributed by atoms with Gasteiger partial charge in [0, 0.05) is 30.2 Å². The van der Waals surface area contributed by atoms with Crippen LogP contribution in [0.4, 0.5) is 4.39 Å². The Bertz CT molecular complexity index is 427. The van der Waals surface area contributed by atoms with Gasteiger partial charge in [-0.2, -0.15) is 0 Å². The highest BCUT2D eigenvalue weighted by Gasteiger charge is 2.26. The molecule has 0 saturated carbocycles. The summed E-state index contributed by atoms with van der Waals surface area (Å²) in [6.45, 7) is 8.71. The van der Waals surface area contributed by atoms with Crippen molar-refractivity contribution in [1.82, 2.24) is 10.2 Å². The van der Waals surface area contributed by atoms with Crippen molar-refractivity contribution in [2.24, 2.45) is 0 Å². The van der Waals surface area contributed by atoms with Gasteiger partial charge in [-0.3, -0.25) is 4.90 Å². The van der Waals surface area contributed by atoms with Gasteiger partial charge in [-0.1, -0.05) is 31.5 Å². The molecule has 2 nitrogen and oxygen atoms in total. The molecule has 1 aliphatic heterocycles. The number of benzene rings is 1. The lowest BCUT2D eigenvalue weighted by atomic mass is 9.98. The van der Waals surface area contributed by atoms with E-state index in [-0.39, 0.29) is 11.9 Å². The summed E-state index contributed by atoms with van der Waals surface area (Å²) >= 11 is 0. The van der Waals surface area contributed by atoms with Gasteiger partial charge in [0.2, 0.25) is 0 Å². The Labute approximate surface area is 128 Å². The molecule has 1 aromatic carbocycles. The third-order valence-corrected chi connectivity index (χ3v) is 4.56. The van der Waals surface area contributed by atoms with Crippen LogP contribution in [0.25, 0.3) is 0 Å². The van der Waals surface area contributed by atoms with Crippen LogP contribution in [0, 0.1) is 5.82 Å². The lowest BCUT2D eigenvalue weighted by Gasteiger charge is -2.38. The summed E-state index contributed by atoms with van der Waals surface area (Å²) in [4.78, 5) is 2.46. The van der Waals surface area contributed by atoms with Crippen LogP contribution < -0.4 is 5.32 Å². The molecule has 2 unspecified atom stereocenters. The molecule has 2 atom stereocenters. The zero-order valence-corrected chi connectivity index (χ0v) is 13.6. The minimum Gasteiger partial charge on any atom is -0.313 e. The van der Waals surface area contributed by atoms with Gasteiger partial charge in [0.15, 0.2) is 0 Å². The number of hydrogen-bond acceptors (Lipinski definition) is 2. The highest BCUT2D eigenvalue weighted by atomic mass is 19.1. The van der Waals surface area contributed by atoms with E-state index in [1.165, 1.54) is 19.3 Å². The van der Waals surface area contributed by atoms with E-state index in [0.29, 0.717) is 12.1 Å². The van der Waals surface area contributed by atoms with Crippen molar-refractivity contribution >= 4 is 0 Å². The fourth-order valence-electron chi connectivity index (χ4n) is 3.41. The molecular formula is C18H29FN2. The third-order valence-electron chi connectivity index (χ3n) is 4.56. The van der Waals surface area contributed by atoms with Gasteiger partial charge in [0.05, 0.1) is 0 Å². The summed E-state index contributed by atoms with van der Waals surface area (Å²) < 4.78 is 14.2. The Morgan fingerprint density at radius 3 is 2.62 bits per heavy atom. The van der Waals surface area contributed by atoms with Crippen LogP contribution in [0.5, 0.6) is 0 Å². The molecule has 1 fully saturated rings. The van der Waals surface area contributed by atoms with Gasteiger partial charge in [-0.25, -0.2) is 4.39 Å². The van der Waals surface area contributed by atoms with E-state index >= 15 is 0 Å². The van der Waals surface area contributed by atoms with Crippen LogP contribution in [0.15, 0.2) is 24.3 Å². The maximum absolute atomic E-state index is 14.2. The normalized spacial score (nSPS) is 21.0. The predicted molar refractivity (Wildman–Crippen MR) is 86.9 cm³/mol. The number of piperidine rings is 1. The van der Waals surface area contributed by atoms with Crippen molar-refractivity contribution < 1.29 is 4.39 Å². The third kappa shape index (κ3) is 4.27. The second-order valence-corrected chi connectivity index (χ2v) is 6.38. The largest absolute Gasteiger partial charge is 0.313 e. The molecule has 0 bridgehead atoms. The number of halogens is 1. The minimum atomic E-state index is -0.0772. The Balaban J connectivity index is 2.16. The monoisotopic (exact) mass is 292 g/mol. The Kier molecular flexibility index (Phi) is 6.19. The van der Waals surface area contributed by atoms with Crippen LogP contribution in [0.1, 0.15) is 58.1 Å². The molecule has 0 spiro atoms. The molecule has 1 aliphatic rings.